The molecule has 29 heavy (non-hydrogen) atoms. The molecule has 1 heterocycles. The standard InChI is InChI=1S/C25H23N3O/c1-20-24(17-26-28(20)23-15-9-4-10-16-23)25(29)27(18-21-11-5-2-6-12-21)19-22-13-7-3-8-14-22/h2-17H,18-19H2,1H3. The van der Waals surface area contributed by atoms with Crippen molar-refractivity contribution in [3.05, 3.63) is 120 Å². The minimum Gasteiger partial charge on any atom is -0.330 e. The molecule has 0 N–H and O–H groups in total. The van der Waals surface area contributed by atoms with E-state index in [4.69, 9.17) is 0 Å². The van der Waals surface area contributed by atoms with Gasteiger partial charge in [-0.2, -0.15) is 5.10 Å². The van der Waals surface area contributed by atoms with Crippen LogP contribution in [0, 0.1) is 6.92 Å². The number of para-hydroxylation sites is 1. The molecule has 3 aromatic carbocycles. The molecule has 1 amide bonds. The molecule has 4 aromatic rings. The number of carbonyl (C=O) groups is 1. The van der Waals surface area contributed by atoms with Crippen LogP contribution in [0.2, 0.25) is 0 Å². The summed E-state index contributed by atoms with van der Waals surface area (Å²) in [5.74, 6) is -0.0163. The minimum absolute atomic E-state index is 0.0163. The molecule has 0 aliphatic rings. The summed E-state index contributed by atoms with van der Waals surface area (Å²) in [6.07, 6.45) is 1.67. The quantitative estimate of drug-likeness (QED) is 0.470. The molecule has 0 spiro atoms. The molecule has 0 fully saturated rings. The number of amides is 1. The summed E-state index contributed by atoms with van der Waals surface area (Å²) in [6.45, 7) is 3.03. The van der Waals surface area contributed by atoms with E-state index in [0.29, 0.717) is 18.7 Å². The number of carbonyl (C=O) groups excluding carboxylic acids is 1. The van der Waals surface area contributed by atoms with Crippen LogP contribution in [-0.2, 0) is 13.1 Å². The largest absolute Gasteiger partial charge is 0.330 e. The van der Waals surface area contributed by atoms with E-state index in [0.717, 1.165) is 22.5 Å². The number of rotatable bonds is 6. The van der Waals surface area contributed by atoms with Crippen molar-refractivity contribution in [1.82, 2.24) is 14.7 Å². The Morgan fingerprint density at radius 3 is 1.79 bits per heavy atom. The minimum atomic E-state index is -0.0163. The first-order valence-corrected chi connectivity index (χ1v) is 9.69. The maximum atomic E-state index is 13.5. The van der Waals surface area contributed by atoms with Gasteiger partial charge in [-0.15, -0.1) is 0 Å². The third-order valence-electron chi connectivity index (χ3n) is 4.96. The topological polar surface area (TPSA) is 38.1 Å². The predicted octanol–water partition coefficient (Wildman–Crippen LogP) is 5.02. The molecular weight excluding hydrogens is 358 g/mol. The Balaban J connectivity index is 1.65. The first-order valence-electron chi connectivity index (χ1n) is 9.69. The van der Waals surface area contributed by atoms with Crippen molar-refractivity contribution in [2.24, 2.45) is 0 Å². The highest BCUT2D eigenvalue weighted by Gasteiger charge is 2.22. The lowest BCUT2D eigenvalue weighted by Gasteiger charge is -2.23. The van der Waals surface area contributed by atoms with Gasteiger partial charge < -0.3 is 4.90 Å². The average molecular weight is 381 g/mol. The Morgan fingerprint density at radius 1 is 0.793 bits per heavy atom. The van der Waals surface area contributed by atoms with E-state index in [1.165, 1.54) is 0 Å². The summed E-state index contributed by atoms with van der Waals surface area (Å²) in [5.41, 5.74) is 4.62. The molecule has 0 aliphatic heterocycles. The van der Waals surface area contributed by atoms with E-state index < -0.39 is 0 Å². The maximum absolute atomic E-state index is 13.5. The fourth-order valence-corrected chi connectivity index (χ4v) is 3.43. The summed E-state index contributed by atoms with van der Waals surface area (Å²) in [5, 5.41) is 4.47. The number of nitrogens with zero attached hydrogens (tertiary/aromatic N) is 3. The van der Waals surface area contributed by atoms with Gasteiger partial charge in [0.2, 0.25) is 0 Å². The second kappa shape index (κ2) is 8.57. The van der Waals surface area contributed by atoms with Crippen molar-refractivity contribution in [3.8, 4) is 5.69 Å². The second-order valence-corrected chi connectivity index (χ2v) is 7.02. The Kier molecular flexibility index (Phi) is 5.52. The van der Waals surface area contributed by atoms with Gasteiger partial charge in [0.05, 0.1) is 23.1 Å². The molecule has 4 heteroatoms. The van der Waals surface area contributed by atoms with Gasteiger partial charge in [-0.25, -0.2) is 4.68 Å². The molecule has 4 rings (SSSR count). The highest BCUT2D eigenvalue weighted by atomic mass is 16.2. The van der Waals surface area contributed by atoms with E-state index in [1.807, 2.05) is 108 Å². The molecule has 4 nitrogen and oxygen atoms in total. The molecule has 0 unspecified atom stereocenters. The van der Waals surface area contributed by atoms with E-state index >= 15 is 0 Å². The first-order chi connectivity index (χ1) is 14.2. The Bertz CT molecular complexity index is 1030. The lowest BCUT2D eigenvalue weighted by molar-refractivity contribution is 0.0729. The van der Waals surface area contributed by atoms with Crippen LogP contribution in [-0.4, -0.2) is 20.6 Å². The summed E-state index contributed by atoms with van der Waals surface area (Å²) < 4.78 is 1.82. The highest BCUT2D eigenvalue weighted by Crippen LogP contribution is 2.19. The van der Waals surface area contributed by atoms with Crippen LogP contribution < -0.4 is 0 Å². The maximum Gasteiger partial charge on any atom is 0.257 e. The van der Waals surface area contributed by atoms with Gasteiger partial charge in [-0.3, -0.25) is 4.79 Å². The number of aromatic nitrogens is 2. The average Bonchev–Trinajstić information content (AvgIpc) is 3.16. The van der Waals surface area contributed by atoms with E-state index in [-0.39, 0.29) is 5.91 Å². The lowest BCUT2D eigenvalue weighted by atomic mass is 10.1. The number of benzene rings is 3. The normalized spacial score (nSPS) is 10.7. The molecule has 0 radical (unpaired) electrons. The molecule has 1 aromatic heterocycles. The van der Waals surface area contributed by atoms with Crippen LogP contribution in [0.3, 0.4) is 0 Å². The van der Waals surface area contributed by atoms with Crippen molar-refractivity contribution >= 4 is 5.91 Å². The zero-order valence-corrected chi connectivity index (χ0v) is 16.4. The predicted molar refractivity (Wildman–Crippen MR) is 115 cm³/mol. The van der Waals surface area contributed by atoms with E-state index in [9.17, 15) is 4.79 Å². The Morgan fingerprint density at radius 2 is 1.28 bits per heavy atom. The van der Waals surface area contributed by atoms with Crippen LogP contribution in [0.15, 0.2) is 97.2 Å². The fourth-order valence-electron chi connectivity index (χ4n) is 3.43. The third-order valence-corrected chi connectivity index (χ3v) is 4.96. The molecule has 0 atom stereocenters. The van der Waals surface area contributed by atoms with Crippen molar-refractivity contribution in [2.75, 3.05) is 0 Å². The van der Waals surface area contributed by atoms with Gasteiger partial charge in [0.25, 0.3) is 5.91 Å². The van der Waals surface area contributed by atoms with Crippen LogP contribution in [0.25, 0.3) is 5.69 Å². The fraction of sp³-hybridized carbons (Fsp3) is 0.120. The molecule has 0 aliphatic carbocycles. The molecular formula is C25H23N3O. The van der Waals surface area contributed by atoms with Gasteiger partial charge in [0.1, 0.15) is 0 Å². The van der Waals surface area contributed by atoms with Gasteiger partial charge in [-0.05, 0) is 30.2 Å². The number of hydrogen-bond donors (Lipinski definition) is 0. The van der Waals surface area contributed by atoms with Crippen molar-refractivity contribution in [3.63, 3.8) is 0 Å². The third kappa shape index (κ3) is 4.27. The summed E-state index contributed by atoms with van der Waals surface area (Å²) in [7, 11) is 0. The number of hydrogen-bond acceptors (Lipinski definition) is 2. The van der Waals surface area contributed by atoms with Gasteiger partial charge >= 0.3 is 0 Å². The molecule has 0 saturated heterocycles. The second-order valence-electron chi connectivity index (χ2n) is 7.02. The van der Waals surface area contributed by atoms with Crippen LogP contribution >= 0.6 is 0 Å². The monoisotopic (exact) mass is 381 g/mol. The summed E-state index contributed by atoms with van der Waals surface area (Å²) >= 11 is 0. The lowest BCUT2D eigenvalue weighted by Crippen LogP contribution is -2.30. The summed E-state index contributed by atoms with van der Waals surface area (Å²) in [6, 6.07) is 30.0. The van der Waals surface area contributed by atoms with Crippen LogP contribution in [0.1, 0.15) is 27.2 Å². The Hall–Kier alpha value is -3.66. The van der Waals surface area contributed by atoms with E-state index in [2.05, 4.69) is 5.10 Å². The van der Waals surface area contributed by atoms with E-state index in [1.54, 1.807) is 6.20 Å². The van der Waals surface area contributed by atoms with Crippen molar-refractivity contribution in [1.29, 1.82) is 0 Å². The highest BCUT2D eigenvalue weighted by molar-refractivity contribution is 5.95. The smallest absolute Gasteiger partial charge is 0.257 e. The first kappa shape index (κ1) is 18.7. The molecule has 0 bridgehead atoms. The molecule has 0 saturated carbocycles. The zero-order valence-electron chi connectivity index (χ0n) is 16.4. The van der Waals surface area contributed by atoms with Gasteiger partial charge in [-0.1, -0.05) is 78.9 Å². The van der Waals surface area contributed by atoms with Crippen molar-refractivity contribution < 1.29 is 4.79 Å². The summed E-state index contributed by atoms with van der Waals surface area (Å²) in [4.78, 5) is 15.4. The zero-order chi connectivity index (χ0) is 20.1. The van der Waals surface area contributed by atoms with Gasteiger partial charge in [0, 0.05) is 13.1 Å². The van der Waals surface area contributed by atoms with Crippen LogP contribution in [0.5, 0.6) is 0 Å². The van der Waals surface area contributed by atoms with Gasteiger partial charge in [0.15, 0.2) is 0 Å². The van der Waals surface area contributed by atoms with Crippen LogP contribution in [0.4, 0.5) is 0 Å². The molecule has 144 valence electrons. The van der Waals surface area contributed by atoms with Crippen molar-refractivity contribution in [2.45, 2.75) is 20.0 Å². The Labute approximate surface area is 171 Å². The SMILES string of the molecule is Cc1c(C(=O)N(Cc2ccccc2)Cc2ccccc2)cnn1-c1ccccc1.